The Morgan fingerprint density at radius 2 is 2.00 bits per heavy atom. The van der Waals surface area contributed by atoms with E-state index in [-0.39, 0.29) is 12.2 Å². The monoisotopic (exact) mass is 352 g/mol. The van der Waals surface area contributed by atoms with Crippen molar-refractivity contribution in [3.8, 4) is 5.75 Å². The largest absolute Gasteiger partial charge is 0.496 e. The second kappa shape index (κ2) is 6.42. The molecule has 4 heteroatoms. The Balaban J connectivity index is 2.28. The number of ketones is 1. The highest BCUT2D eigenvalue weighted by molar-refractivity contribution is 9.10. The van der Waals surface area contributed by atoms with Crippen LogP contribution >= 0.6 is 27.5 Å². The quantitative estimate of drug-likeness (QED) is 0.735. The summed E-state index contributed by atoms with van der Waals surface area (Å²) in [6.45, 7) is 1.96. The molecule has 0 atom stereocenters. The van der Waals surface area contributed by atoms with E-state index in [9.17, 15) is 4.79 Å². The van der Waals surface area contributed by atoms with Crippen molar-refractivity contribution in [3.05, 3.63) is 62.6 Å². The van der Waals surface area contributed by atoms with Gasteiger partial charge in [-0.05, 0) is 42.3 Å². The molecule has 2 aromatic carbocycles. The van der Waals surface area contributed by atoms with Gasteiger partial charge >= 0.3 is 0 Å². The van der Waals surface area contributed by atoms with Crippen LogP contribution in [0, 0.1) is 6.92 Å². The minimum atomic E-state index is -0.00827. The molecule has 0 unspecified atom stereocenters. The summed E-state index contributed by atoms with van der Waals surface area (Å²) in [5.74, 6) is 0.592. The number of aryl methyl sites for hydroxylation is 1. The fourth-order valence-corrected chi connectivity index (χ4v) is 2.70. The van der Waals surface area contributed by atoms with Crippen LogP contribution in [0.25, 0.3) is 0 Å². The Labute approximate surface area is 131 Å². The van der Waals surface area contributed by atoms with Crippen LogP contribution in [-0.2, 0) is 6.42 Å². The van der Waals surface area contributed by atoms with Crippen LogP contribution in [-0.4, -0.2) is 12.9 Å². The van der Waals surface area contributed by atoms with Gasteiger partial charge in [-0.25, -0.2) is 0 Å². The van der Waals surface area contributed by atoms with Gasteiger partial charge in [0.2, 0.25) is 0 Å². The lowest BCUT2D eigenvalue weighted by molar-refractivity contribution is 0.0990. The smallest absolute Gasteiger partial charge is 0.171 e. The van der Waals surface area contributed by atoms with Gasteiger partial charge in [-0.15, -0.1) is 0 Å². The summed E-state index contributed by atoms with van der Waals surface area (Å²) in [6, 6.07) is 11.1. The van der Waals surface area contributed by atoms with Crippen LogP contribution in [0.4, 0.5) is 0 Å². The van der Waals surface area contributed by atoms with Gasteiger partial charge in [0, 0.05) is 15.9 Å². The molecule has 0 aliphatic carbocycles. The summed E-state index contributed by atoms with van der Waals surface area (Å²) in [7, 11) is 1.57. The van der Waals surface area contributed by atoms with Gasteiger partial charge in [0.05, 0.1) is 12.7 Å². The average Bonchev–Trinajstić information content (AvgIpc) is 2.41. The zero-order valence-corrected chi connectivity index (χ0v) is 13.6. The molecule has 2 rings (SSSR count). The summed E-state index contributed by atoms with van der Waals surface area (Å²) >= 11 is 9.50. The van der Waals surface area contributed by atoms with E-state index in [1.54, 1.807) is 19.2 Å². The second-order valence-corrected chi connectivity index (χ2v) is 5.86. The lowest BCUT2D eigenvalue weighted by Gasteiger charge is -2.09. The van der Waals surface area contributed by atoms with Gasteiger partial charge in [-0.3, -0.25) is 4.79 Å². The lowest BCUT2D eigenvalue weighted by Crippen LogP contribution is -2.06. The van der Waals surface area contributed by atoms with E-state index >= 15 is 0 Å². The molecule has 0 heterocycles. The third-order valence-electron chi connectivity index (χ3n) is 3.02. The molecule has 0 spiro atoms. The standard InChI is InChI=1S/C16H14BrClO2/c1-10-3-6-13(16(7-10)20-2)15(19)8-11-4-5-12(17)9-14(11)18/h3-7,9H,8H2,1-2H3. The Morgan fingerprint density at radius 1 is 1.25 bits per heavy atom. The third kappa shape index (κ3) is 3.41. The first-order chi connectivity index (χ1) is 9.51. The van der Waals surface area contributed by atoms with Gasteiger partial charge in [0.15, 0.2) is 5.78 Å². The van der Waals surface area contributed by atoms with E-state index in [0.29, 0.717) is 16.3 Å². The average molecular weight is 354 g/mol. The molecule has 0 saturated heterocycles. The maximum Gasteiger partial charge on any atom is 0.171 e. The molecule has 0 radical (unpaired) electrons. The van der Waals surface area contributed by atoms with Crippen LogP contribution in [0.3, 0.4) is 0 Å². The third-order valence-corrected chi connectivity index (χ3v) is 3.87. The number of carbonyl (C=O) groups is 1. The molecule has 2 aromatic rings. The Hall–Kier alpha value is -1.32. The van der Waals surface area contributed by atoms with Gasteiger partial charge in [-0.1, -0.05) is 39.7 Å². The van der Waals surface area contributed by atoms with E-state index in [4.69, 9.17) is 16.3 Å². The Kier molecular flexibility index (Phi) is 4.84. The maximum absolute atomic E-state index is 12.4. The first-order valence-electron chi connectivity index (χ1n) is 6.13. The van der Waals surface area contributed by atoms with Crippen LogP contribution < -0.4 is 4.74 Å². The summed E-state index contributed by atoms with van der Waals surface area (Å²) < 4.78 is 6.17. The molecule has 0 amide bonds. The van der Waals surface area contributed by atoms with Crippen molar-refractivity contribution < 1.29 is 9.53 Å². The predicted molar refractivity (Wildman–Crippen MR) is 84.9 cm³/mol. The van der Waals surface area contributed by atoms with Gasteiger partial charge in [0.1, 0.15) is 5.75 Å². The van der Waals surface area contributed by atoms with E-state index in [0.717, 1.165) is 15.6 Å². The zero-order chi connectivity index (χ0) is 14.7. The fraction of sp³-hybridized carbons (Fsp3) is 0.188. The van der Waals surface area contributed by atoms with Crippen LogP contribution in [0.5, 0.6) is 5.75 Å². The fourth-order valence-electron chi connectivity index (χ4n) is 1.96. The SMILES string of the molecule is COc1cc(C)ccc1C(=O)Cc1ccc(Br)cc1Cl. The number of halogens is 2. The van der Waals surface area contributed by atoms with Gasteiger partial charge in [-0.2, -0.15) is 0 Å². The first kappa shape index (κ1) is 15.1. The number of benzene rings is 2. The molecule has 2 nitrogen and oxygen atoms in total. The molecular weight excluding hydrogens is 340 g/mol. The van der Waals surface area contributed by atoms with Gasteiger partial charge in [0.25, 0.3) is 0 Å². The van der Waals surface area contributed by atoms with Crippen molar-refractivity contribution in [2.24, 2.45) is 0 Å². The van der Waals surface area contributed by atoms with Crippen LogP contribution in [0.1, 0.15) is 21.5 Å². The maximum atomic E-state index is 12.4. The number of hydrogen-bond acceptors (Lipinski definition) is 2. The number of ether oxygens (including phenoxy) is 1. The van der Waals surface area contributed by atoms with Crippen LogP contribution in [0.2, 0.25) is 5.02 Å². The normalized spacial score (nSPS) is 10.4. The van der Waals surface area contributed by atoms with Crippen molar-refractivity contribution in [1.82, 2.24) is 0 Å². The summed E-state index contributed by atoms with van der Waals surface area (Å²) in [6.07, 6.45) is 0.255. The highest BCUT2D eigenvalue weighted by Gasteiger charge is 2.14. The molecule has 0 bridgehead atoms. The Morgan fingerprint density at radius 3 is 2.65 bits per heavy atom. The number of carbonyl (C=O) groups excluding carboxylic acids is 1. The van der Waals surface area contributed by atoms with E-state index in [1.165, 1.54) is 0 Å². The van der Waals surface area contributed by atoms with Crippen molar-refractivity contribution in [3.63, 3.8) is 0 Å². The molecular formula is C16H14BrClO2. The summed E-state index contributed by atoms with van der Waals surface area (Å²) in [4.78, 5) is 12.4. The molecule has 0 aromatic heterocycles. The van der Waals surface area contributed by atoms with Crippen LogP contribution in [0.15, 0.2) is 40.9 Å². The molecule has 0 aliphatic rings. The number of methoxy groups -OCH3 is 1. The second-order valence-electron chi connectivity index (χ2n) is 4.54. The molecule has 0 aliphatic heterocycles. The minimum absolute atomic E-state index is 0.00827. The lowest BCUT2D eigenvalue weighted by atomic mass is 10.0. The van der Waals surface area contributed by atoms with Crippen molar-refractivity contribution in [2.45, 2.75) is 13.3 Å². The molecule has 0 fully saturated rings. The summed E-state index contributed by atoms with van der Waals surface area (Å²) in [5.41, 5.74) is 2.44. The highest BCUT2D eigenvalue weighted by atomic mass is 79.9. The predicted octanol–water partition coefficient (Wildman–Crippen LogP) is 4.84. The number of rotatable bonds is 4. The Bertz CT molecular complexity index is 653. The number of hydrogen-bond donors (Lipinski definition) is 0. The van der Waals surface area contributed by atoms with Crippen molar-refractivity contribution in [2.75, 3.05) is 7.11 Å². The van der Waals surface area contributed by atoms with Crippen molar-refractivity contribution in [1.29, 1.82) is 0 Å². The van der Waals surface area contributed by atoms with E-state index in [1.807, 2.05) is 31.2 Å². The molecule has 20 heavy (non-hydrogen) atoms. The molecule has 104 valence electrons. The van der Waals surface area contributed by atoms with E-state index in [2.05, 4.69) is 15.9 Å². The highest BCUT2D eigenvalue weighted by Crippen LogP contribution is 2.25. The van der Waals surface area contributed by atoms with Gasteiger partial charge < -0.3 is 4.74 Å². The topological polar surface area (TPSA) is 26.3 Å². The minimum Gasteiger partial charge on any atom is -0.496 e. The molecule has 0 N–H and O–H groups in total. The number of Topliss-reactive ketones (excluding diaryl/α,β-unsaturated/α-hetero) is 1. The summed E-state index contributed by atoms with van der Waals surface area (Å²) in [5, 5.41) is 0.582. The first-order valence-corrected chi connectivity index (χ1v) is 7.30. The zero-order valence-electron chi connectivity index (χ0n) is 11.2. The molecule has 0 saturated carbocycles. The van der Waals surface area contributed by atoms with E-state index < -0.39 is 0 Å². The van der Waals surface area contributed by atoms with Crippen molar-refractivity contribution >= 4 is 33.3 Å².